The van der Waals surface area contributed by atoms with E-state index in [0.717, 1.165) is 11.3 Å². The second-order valence-electron chi connectivity index (χ2n) is 6.47. The number of carbonyl (C=O) groups is 2. The van der Waals surface area contributed by atoms with E-state index in [1.807, 2.05) is 38.1 Å². The standard InChI is InChI=1S/C21H25NO4/c1-15(2)14-26-21(24)17-7-9-18(10-8-17)22-20(23)13-6-16-4-11-19(25-3)12-5-16/h4-5,7-12,15H,6,13-14H2,1-3H3,(H,22,23). The number of amides is 1. The number of carbonyl (C=O) groups excluding carboxylic acids is 2. The molecule has 0 unspecified atom stereocenters. The molecular weight excluding hydrogens is 330 g/mol. The molecule has 2 aromatic carbocycles. The largest absolute Gasteiger partial charge is 0.497 e. The molecule has 26 heavy (non-hydrogen) atoms. The molecule has 5 nitrogen and oxygen atoms in total. The average Bonchev–Trinajstić information content (AvgIpc) is 2.65. The smallest absolute Gasteiger partial charge is 0.338 e. The van der Waals surface area contributed by atoms with E-state index < -0.39 is 0 Å². The van der Waals surface area contributed by atoms with Gasteiger partial charge in [-0.15, -0.1) is 0 Å². The monoisotopic (exact) mass is 355 g/mol. The SMILES string of the molecule is COc1ccc(CCC(=O)Nc2ccc(C(=O)OCC(C)C)cc2)cc1. The van der Waals surface area contributed by atoms with E-state index in [2.05, 4.69) is 5.32 Å². The summed E-state index contributed by atoms with van der Waals surface area (Å²) in [6.07, 6.45) is 1.03. The molecule has 0 atom stereocenters. The van der Waals surface area contributed by atoms with Crippen LogP contribution in [0.5, 0.6) is 5.75 Å². The molecule has 0 spiro atoms. The average molecular weight is 355 g/mol. The molecule has 0 aliphatic heterocycles. The fourth-order valence-corrected chi connectivity index (χ4v) is 2.29. The van der Waals surface area contributed by atoms with Crippen LogP contribution >= 0.6 is 0 Å². The minimum Gasteiger partial charge on any atom is -0.497 e. The molecule has 0 aliphatic carbocycles. The number of aryl methyl sites for hydroxylation is 1. The van der Waals surface area contributed by atoms with Gasteiger partial charge >= 0.3 is 5.97 Å². The van der Waals surface area contributed by atoms with Crippen LogP contribution in [-0.4, -0.2) is 25.6 Å². The molecule has 0 bridgehead atoms. The molecule has 0 fully saturated rings. The highest BCUT2D eigenvalue weighted by Crippen LogP contribution is 2.14. The molecular formula is C21H25NO4. The van der Waals surface area contributed by atoms with E-state index >= 15 is 0 Å². The van der Waals surface area contributed by atoms with Gasteiger partial charge in [0, 0.05) is 12.1 Å². The van der Waals surface area contributed by atoms with Crippen molar-refractivity contribution < 1.29 is 19.1 Å². The molecule has 0 saturated carbocycles. The molecule has 138 valence electrons. The van der Waals surface area contributed by atoms with Crippen LogP contribution in [0, 0.1) is 5.92 Å². The lowest BCUT2D eigenvalue weighted by Gasteiger charge is -2.09. The Kier molecular flexibility index (Phi) is 7.21. The maximum atomic E-state index is 12.1. The lowest BCUT2D eigenvalue weighted by atomic mass is 10.1. The van der Waals surface area contributed by atoms with Gasteiger partial charge in [0.2, 0.25) is 5.91 Å². The summed E-state index contributed by atoms with van der Waals surface area (Å²) in [6, 6.07) is 14.4. The molecule has 0 radical (unpaired) electrons. The fourth-order valence-electron chi connectivity index (χ4n) is 2.29. The minimum absolute atomic E-state index is 0.0732. The van der Waals surface area contributed by atoms with E-state index in [-0.39, 0.29) is 11.9 Å². The van der Waals surface area contributed by atoms with Crippen molar-refractivity contribution >= 4 is 17.6 Å². The highest BCUT2D eigenvalue weighted by molar-refractivity contribution is 5.93. The van der Waals surface area contributed by atoms with Crippen LogP contribution in [0.15, 0.2) is 48.5 Å². The van der Waals surface area contributed by atoms with Crippen LogP contribution in [0.2, 0.25) is 0 Å². The number of hydrogen-bond acceptors (Lipinski definition) is 4. The van der Waals surface area contributed by atoms with Crippen molar-refractivity contribution in [2.24, 2.45) is 5.92 Å². The number of hydrogen-bond donors (Lipinski definition) is 1. The summed E-state index contributed by atoms with van der Waals surface area (Å²) in [7, 11) is 1.62. The number of esters is 1. The molecule has 0 heterocycles. The van der Waals surface area contributed by atoms with E-state index in [1.54, 1.807) is 31.4 Å². The number of methoxy groups -OCH3 is 1. The maximum Gasteiger partial charge on any atom is 0.338 e. The van der Waals surface area contributed by atoms with Gasteiger partial charge in [0.15, 0.2) is 0 Å². The summed E-state index contributed by atoms with van der Waals surface area (Å²) in [5.41, 5.74) is 2.20. The van der Waals surface area contributed by atoms with Gasteiger partial charge in [-0.3, -0.25) is 4.79 Å². The van der Waals surface area contributed by atoms with E-state index in [9.17, 15) is 9.59 Å². The molecule has 2 aromatic rings. The number of anilines is 1. The second-order valence-corrected chi connectivity index (χ2v) is 6.47. The van der Waals surface area contributed by atoms with E-state index in [1.165, 1.54) is 0 Å². The van der Waals surface area contributed by atoms with Gasteiger partial charge in [0.1, 0.15) is 5.75 Å². The second kappa shape index (κ2) is 9.61. The molecule has 1 N–H and O–H groups in total. The summed E-state index contributed by atoms with van der Waals surface area (Å²) < 4.78 is 10.3. The van der Waals surface area contributed by atoms with Gasteiger partial charge in [-0.1, -0.05) is 26.0 Å². The number of nitrogens with one attached hydrogen (secondary N) is 1. The quantitative estimate of drug-likeness (QED) is 0.725. The predicted octanol–water partition coefficient (Wildman–Crippen LogP) is 4.08. The van der Waals surface area contributed by atoms with Crippen LogP contribution < -0.4 is 10.1 Å². The van der Waals surface area contributed by atoms with Gasteiger partial charge in [0.05, 0.1) is 19.3 Å². The highest BCUT2D eigenvalue weighted by atomic mass is 16.5. The first kappa shape index (κ1) is 19.5. The molecule has 0 aromatic heterocycles. The van der Waals surface area contributed by atoms with E-state index in [4.69, 9.17) is 9.47 Å². The first-order valence-corrected chi connectivity index (χ1v) is 8.68. The lowest BCUT2D eigenvalue weighted by molar-refractivity contribution is -0.116. The topological polar surface area (TPSA) is 64.6 Å². The first-order valence-electron chi connectivity index (χ1n) is 8.68. The predicted molar refractivity (Wildman–Crippen MR) is 102 cm³/mol. The number of rotatable bonds is 8. The van der Waals surface area contributed by atoms with Crippen molar-refractivity contribution in [3.63, 3.8) is 0 Å². The third kappa shape index (κ3) is 6.24. The summed E-state index contributed by atoms with van der Waals surface area (Å²) in [4.78, 5) is 23.9. The van der Waals surface area contributed by atoms with Crippen molar-refractivity contribution in [3.8, 4) is 5.75 Å². The first-order chi connectivity index (χ1) is 12.5. The van der Waals surface area contributed by atoms with Gasteiger partial charge < -0.3 is 14.8 Å². The summed E-state index contributed by atoms with van der Waals surface area (Å²) in [5, 5.41) is 2.84. The summed E-state index contributed by atoms with van der Waals surface area (Å²) >= 11 is 0. The molecule has 0 aliphatic rings. The molecule has 2 rings (SSSR count). The Morgan fingerprint density at radius 2 is 1.65 bits per heavy atom. The number of ether oxygens (including phenoxy) is 2. The lowest BCUT2D eigenvalue weighted by Crippen LogP contribution is -2.13. The Morgan fingerprint density at radius 3 is 2.23 bits per heavy atom. The Bertz CT molecular complexity index is 721. The van der Waals surface area contributed by atoms with Gasteiger partial charge in [-0.05, 0) is 54.3 Å². The Labute approximate surface area is 154 Å². The Morgan fingerprint density at radius 1 is 1.00 bits per heavy atom. The minimum atomic E-state index is -0.351. The zero-order chi connectivity index (χ0) is 18.9. The Hall–Kier alpha value is -2.82. The van der Waals surface area contributed by atoms with Gasteiger partial charge in [-0.25, -0.2) is 4.79 Å². The van der Waals surface area contributed by atoms with Crippen molar-refractivity contribution in [2.45, 2.75) is 26.7 Å². The summed E-state index contributed by atoms with van der Waals surface area (Å²) in [5.74, 6) is 0.667. The number of benzene rings is 2. The highest BCUT2D eigenvalue weighted by Gasteiger charge is 2.09. The van der Waals surface area contributed by atoms with Crippen LogP contribution in [0.3, 0.4) is 0 Å². The van der Waals surface area contributed by atoms with Crippen molar-refractivity contribution in [3.05, 3.63) is 59.7 Å². The Balaban J connectivity index is 1.81. The molecule has 0 saturated heterocycles. The fraction of sp³-hybridized carbons (Fsp3) is 0.333. The zero-order valence-electron chi connectivity index (χ0n) is 15.5. The third-order valence-corrected chi connectivity index (χ3v) is 3.75. The van der Waals surface area contributed by atoms with Gasteiger partial charge in [0.25, 0.3) is 0 Å². The maximum absolute atomic E-state index is 12.1. The zero-order valence-corrected chi connectivity index (χ0v) is 15.5. The van der Waals surface area contributed by atoms with Crippen LogP contribution in [0.25, 0.3) is 0 Å². The van der Waals surface area contributed by atoms with Crippen molar-refractivity contribution in [1.29, 1.82) is 0 Å². The summed E-state index contributed by atoms with van der Waals surface area (Å²) in [6.45, 7) is 4.36. The van der Waals surface area contributed by atoms with Crippen LogP contribution in [0.4, 0.5) is 5.69 Å². The van der Waals surface area contributed by atoms with Crippen molar-refractivity contribution in [1.82, 2.24) is 0 Å². The van der Waals surface area contributed by atoms with Crippen molar-refractivity contribution in [2.75, 3.05) is 19.0 Å². The van der Waals surface area contributed by atoms with E-state index in [0.29, 0.717) is 36.6 Å². The van der Waals surface area contributed by atoms with Crippen LogP contribution in [-0.2, 0) is 16.0 Å². The molecule has 1 amide bonds. The van der Waals surface area contributed by atoms with Crippen LogP contribution in [0.1, 0.15) is 36.2 Å². The van der Waals surface area contributed by atoms with Gasteiger partial charge in [-0.2, -0.15) is 0 Å². The molecule has 5 heteroatoms. The normalized spacial score (nSPS) is 10.5. The third-order valence-electron chi connectivity index (χ3n) is 3.75.